The first kappa shape index (κ1) is 26.5. The summed E-state index contributed by atoms with van der Waals surface area (Å²) < 4.78 is 52.5. The van der Waals surface area contributed by atoms with Crippen LogP contribution in [-0.4, -0.2) is 50.5 Å². The molecule has 0 aliphatic carbocycles. The number of amides is 2. The van der Waals surface area contributed by atoms with E-state index in [4.69, 9.17) is 11.6 Å². The molecule has 180 valence electrons. The molecule has 0 aliphatic rings. The maximum Gasteiger partial charge on any atom is 0.244 e. The summed E-state index contributed by atoms with van der Waals surface area (Å²) in [6.07, 6.45) is 1.54. The van der Waals surface area contributed by atoms with E-state index >= 15 is 0 Å². The Hall–Kier alpha value is -2.72. The summed E-state index contributed by atoms with van der Waals surface area (Å²) in [5.41, 5.74) is 0.417. The monoisotopic (exact) mass is 501 g/mol. The van der Waals surface area contributed by atoms with E-state index in [-0.39, 0.29) is 12.2 Å². The molecule has 0 fully saturated rings. The molecule has 11 heteroatoms. The molecule has 0 aliphatic heterocycles. The SMILES string of the molecule is CCCNC(=O)C(C)N(Cc1cccc(Cl)c1)C(=O)CN(c1ccc(F)c(F)c1)S(C)(=O)=O. The summed E-state index contributed by atoms with van der Waals surface area (Å²) in [5.74, 6) is -3.52. The smallest absolute Gasteiger partial charge is 0.244 e. The highest BCUT2D eigenvalue weighted by Gasteiger charge is 2.30. The molecule has 0 spiro atoms. The molecule has 0 heterocycles. The predicted octanol–water partition coefficient (Wildman–Crippen LogP) is 3.33. The Morgan fingerprint density at radius 1 is 1.12 bits per heavy atom. The Bertz CT molecular complexity index is 1110. The van der Waals surface area contributed by atoms with E-state index in [1.54, 1.807) is 24.3 Å². The number of halogens is 3. The van der Waals surface area contributed by atoms with Crippen LogP contribution in [0.4, 0.5) is 14.5 Å². The third kappa shape index (κ3) is 7.40. The number of hydrogen-bond acceptors (Lipinski definition) is 4. The molecule has 7 nitrogen and oxygen atoms in total. The molecule has 0 saturated heterocycles. The summed E-state index contributed by atoms with van der Waals surface area (Å²) >= 11 is 6.03. The van der Waals surface area contributed by atoms with E-state index in [2.05, 4.69) is 5.32 Å². The maximum atomic E-state index is 13.7. The van der Waals surface area contributed by atoms with E-state index in [1.807, 2.05) is 6.92 Å². The highest BCUT2D eigenvalue weighted by Crippen LogP contribution is 2.22. The van der Waals surface area contributed by atoms with E-state index in [0.717, 1.165) is 18.4 Å². The lowest BCUT2D eigenvalue weighted by molar-refractivity contribution is -0.139. The zero-order chi connectivity index (χ0) is 24.8. The first-order valence-electron chi connectivity index (χ1n) is 10.2. The van der Waals surface area contributed by atoms with Crippen LogP contribution in [0.25, 0.3) is 0 Å². The summed E-state index contributed by atoms with van der Waals surface area (Å²) in [6, 6.07) is 8.28. The molecule has 0 saturated carbocycles. The number of nitrogens with zero attached hydrogens (tertiary/aromatic N) is 2. The number of carbonyl (C=O) groups excluding carboxylic acids is 2. The van der Waals surface area contributed by atoms with Crippen molar-refractivity contribution in [3.05, 3.63) is 64.7 Å². The first-order valence-corrected chi connectivity index (χ1v) is 12.4. The van der Waals surface area contributed by atoms with Crippen LogP contribution in [0.1, 0.15) is 25.8 Å². The number of rotatable bonds is 10. The summed E-state index contributed by atoms with van der Waals surface area (Å²) in [6.45, 7) is 3.08. The quantitative estimate of drug-likeness (QED) is 0.541. The zero-order valence-corrected chi connectivity index (χ0v) is 20.1. The van der Waals surface area contributed by atoms with Crippen LogP contribution in [0, 0.1) is 11.6 Å². The minimum atomic E-state index is -4.04. The van der Waals surface area contributed by atoms with Gasteiger partial charge in [-0.1, -0.05) is 30.7 Å². The Morgan fingerprint density at radius 3 is 2.39 bits per heavy atom. The minimum Gasteiger partial charge on any atom is -0.354 e. The normalized spacial score (nSPS) is 12.2. The van der Waals surface area contributed by atoms with Crippen molar-refractivity contribution in [3.8, 4) is 0 Å². The van der Waals surface area contributed by atoms with Gasteiger partial charge in [0.15, 0.2) is 11.6 Å². The van der Waals surface area contributed by atoms with Crippen LogP contribution in [0.2, 0.25) is 5.02 Å². The van der Waals surface area contributed by atoms with Crippen LogP contribution in [-0.2, 0) is 26.2 Å². The fourth-order valence-electron chi connectivity index (χ4n) is 3.06. The largest absolute Gasteiger partial charge is 0.354 e. The number of carbonyl (C=O) groups is 2. The van der Waals surface area contributed by atoms with Crippen LogP contribution in [0.3, 0.4) is 0 Å². The molecular weight excluding hydrogens is 476 g/mol. The van der Waals surface area contributed by atoms with Crippen molar-refractivity contribution < 1.29 is 26.8 Å². The lowest BCUT2D eigenvalue weighted by Gasteiger charge is -2.31. The van der Waals surface area contributed by atoms with E-state index in [9.17, 15) is 26.8 Å². The van der Waals surface area contributed by atoms with Crippen LogP contribution in [0.5, 0.6) is 0 Å². The molecule has 1 atom stereocenters. The average Bonchev–Trinajstić information content (AvgIpc) is 2.74. The van der Waals surface area contributed by atoms with Gasteiger partial charge in [-0.3, -0.25) is 13.9 Å². The van der Waals surface area contributed by atoms with Gasteiger partial charge in [0.25, 0.3) is 0 Å². The number of anilines is 1. The molecule has 0 aromatic heterocycles. The molecule has 2 rings (SSSR count). The average molecular weight is 502 g/mol. The summed E-state index contributed by atoms with van der Waals surface area (Å²) in [7, 11) is -4.04. The van der Waals surface area contributed by atoms with Crippen molar-refractivity contribution in [2.24, 2.45) is 0 Å². The Labute approximate surface area is 197 Å². The number of benzene rings is 2. The van der Waals surface area contributed by atoms with E-state index in [1.165, 1.54) is 11.8 Å². The van der Waals surface area contributed by atoms with Gasteiger partial charge in [0.2, 0.25) is 21.8 Å². The highest BCUT2D eigenvalue weighted by atomic mass is 35.5. The number of nitrogens with one attached hydrogen (secondary N) is 1. The topological polar surface area (TPSA) is 86.8 Å². The van der Waals surface area contributed by atoms with Crippen molar-refractivity contribution >= 4 is 39.1 Å². The second-order valence-electron chi connectivity index (χ2n) is 7.49. The molecule has 1 N–H and O–H groups in total. The molecule has 2 aromatic carbocycles. The maximum absolute atomic E-state index is 13.7. The molecule has 33 heavy (non-hydrogen) atoms. The second-order valence-corrected chi connectivity index (χ2v) is 9.83. The van der Waals surface area contributed by atoms with E-state index in [0.29, 0.717) is 33.9 Å². The Balaban J connectivity index is 2.39. The van der Waals surface area contributed by atoms with Gasteiger partial charge in [-0.05, 0) is 43.2 Å². The molecule has 2 amide bonds. The van der Waals surface area contributed by atoms with E-state index < -0.39 is 46.1 Å². The van der Waals surface area contributed by atoms with Gasteiger partial charge >= 0.3 is 0 Å². The first-order chi connectivity index (χ1) is 15.4. The van der Waals surface area contributed by atoms with Gasteiger partial charge in [-0.25, -0.2) is 17.2 Å². The van der Waals surface area contributed by atoms with Gasteiger partial charge in [0, 0.05) is 24.2 Å². The standard InChI is InChI=1S/C22H26ClF2N3O4S/c1-4-10-26-22(30)15(2)27(13-16-6-5-7-17(23)11-16)21(29)14-28(33(3,31)32)18-8-9-19(24)20(25)12-18/h5-9,11-12,15H,4,10,13-14H2,1-3H3,(H,26,30). The predicted molar refractivity (Wildman–Crippen MR) is 123 cm³/mol. The number of hydrogen-bond donors (Lipinski definition) is 1. The minimum absolute atomic E-state index is 0.0184. The molecule has 0 bridgehead atoms. The van der Waals surface area contributed by atoms with Gasteiger partial charge in [-0.15, -0.1) is 0 Å². The molecule has 1 unspecified atom stereocenters. The van der Waals surface area contributed by atoms with Crippen molar-refractivity contribution in [3.63, 3.8) is 0 Å². The van der Waals surface area contributed by atoms with Crippen LogP contribution >= 0.6 is 11.6 Å². The highest BCUT2D eigenvalue weighted by molar-refractivity contribution is 7.92. The third-order valence-electron chi connectivity index (χ3n) is 4.83. The van der Waals surface area contributed by atoms with Crippen LogP contribution < -0.4 is 9.62 Å². The van der Waals surface area contributed by atoms with Crippen molar-refractivity contribution in [1.82, 2.24) is 10.2 Å². The van der Waals surface area contributed by atoms with Crippen molar-refractivity contribution in [1.29, 1.82) is 0 Å². The Morgan fingerprint density at radius 2 is 1.82 bits per heavy atom. The van der Waals surface area contributed by atoms with Gasteiger partial charge in [0.1, 0.15) is 12.6 Å². The molecule has 2 aromatic rings. The molecule has 0 radical (unpaired) electrons. The van der Waals surface area contributed by atoms with Crippen molar-refractivity contribution in [2.75, 3.05) is 23.7 Å². The number of sulfonamides is 1. The lowest BCUT2D eigenvalue weighted by Crippen LogP contribution is -2.51. The fraction of sp³-hybridized carbons (Fsp3) is 0.364. The Kier molecular flexibility index (Phi) is 9.18. The van der Waals surface area contributed by atoms with Gasteiger partial charge in [0.05, 0.1) is 11.9 Å². The van der Waals surface area contributed by atoms with Gasteiger partial charge < -0.3 is 10.2 Å². The van der Waals surface area contributed by atoms with Crippen molar-refractivity contribution in [2.45, 2.75) is 32.9 Å². The lowest BCUT2D eigenvalue weighted by atomic mass is 10.1. The molecular formula is C22H26ClF2N3O4S. The van der Waals surface area contributed by atoms with Gasteiger partial charge in [-0.2, -0.15) is 0 Å². The second kappa shape index (κ2) is 11.4. The van der Waals surface area contributed by atoms with Crippen LogP contribution in [0.15, 0.2) is 42.5 Å². The fourth-order valence-corrected chi connectivity index (χ4v) is 4.12. The summed E-state index contributed by atoms with van der Waals surface area (Å²) in [5, 5.41) is 3.14. The zero-order valence-electron chi connectivity index (χ0n) is 18.5. The third-order valence-corrected chi connectivity index (χ3v) is 6.20. The summed E-state index contributed by atoms with van der Waals surface area (Å²) in [4.78, 5) is 27.1.